The smallest absolute Gasteiger partial charge is 0.407 e. The molecule has 0 unspecified atom stereocenters. The van der Waals surface area contributed by atoms with Crippen LogP contribution in [0.25, 0.3) is 0 Å². The van der Waals surface area contributed by atoms with E-state index in [9.17, 15) is 9.59 Å². The highest BCUT2D eigenvalue weighted by molar-refractivity contribution is 5.85. The summed E-state index contributed by atoms with van der Waals surface area (Å²) in [4.78, 5) is 23.0. The number of nitrogens with two attached hydrogens (primary N) is 2. The van der Waals surface area contributed by atoms with E-state index in [4.69, 9.17) is 20.9 Å². The van der Waals surface area contributed by atoms with Crippen molar-refractivity contribution in [2.24, 2.45) is 11.5 Å². The van der Waals surface area contributed by atoms with E-state index in [2.05, 4.69) is 24.5 Å². The monoisotopic (exact) mass is 432 g/mol. The highest BCUT2D eigenvalue weighted by Crippen LogP contribution is 2.16. The molecule has 0 saturated carbocycles. The fraction of sp³-hybridized carbons (Fsp3) is 0.882. The van der Waals surface area contributed by atoms with Crippen LogP contribution >= 0.6 is 24.8 Å². The lowest BCUT2D eigenvalue weighted by Crippen LogP contribution is -2.44. The van der Waals surface area contributed by atoms with Gasteiger partial charge in [0.15, 0.2) is 0 Å². The first kappa shape index (κ1) is 30.8. The molecule has 6 N–H and O–H groups in total. The van der Waals surface area contributed by atoms with E-state index in [0.29, 0.717) is 38.9 Å². The first-order valence-electron chi connectivity index (χ1n) is 9.27. The molecular formula is C17H38Cl2N4O4. The van der Waals surface area contributed by atoms with Gasteiger partial charge in [-0.25, -0.2) is 9.59 Å². The minimum absolute atomic E-state index is 0. The van der Waals surface area contributed by atoms with Gasteiger partial charge in [-0.1, -0.05) is 26.7 Å². The van der Waals surface area contributed by atoms with Gasteiger partial charge < -0.3 is 31.6 Å². The molecule has 0 bridgehead atoms. The Morgan fingerprint density at radius 1 is 0.852 bits per heavy atom. The summed E-state index contributed by atoms with van der Waals surface area (Å²) in [5.74, 6) is 0. The molecule has 0 spiro atoms. The first-order valence-corrected chi connectivity index (χ1v) is 9.27. The Balaban J connectivity index is -0.00000288. The number of nitrogens with one attached hydrogen (secondary N) is 2. The Bertz CT molecular complexity index is 349. The number of unbranched alkanes of at least 4 members (excludes halogenated alkanes) is 2. The van der Waals surface area contributed by atoms with E-state index in [1.165, 1.54) is 0 Å². The second kappa shape index (κ2) is 19.8. The number of carbonyl (C=O) groups is 2. The van der Waals surface area contributed by atoms with Crippen LogP contribution in [0.2, 0.25) is 0 Å². The minimum Gasteiger partial charge on any atom is -0.449 e. The Morgan fingerprint density at radius 3 is 1.59 bits per heavy atom. The second-order valence-corrected chi connectivity index (χ2v) is 6.23. The van der Waals surface area contributed by atoms with Crippen molar-refractivity contribution in [1.29, 1.82) is 0 Å². The van der Waals surface area contributed by atoms with E-state index in [0.717, 1.165) is 25.7 Å². The van der Waals surface area contributed by atoms with Gasteiger partial charge in [-0.3, -0.25) is 0 Å². The Morgan fingerprint density at radius 2 is 1.26 bits per heavy atom. The highest BCUT2D eigenvalue weighted by atomic mass is 35.5. The lowest BCUT2D eigenvalue weighted by atomic mass is 9.89. The van der Waals surface area contributed by atoms with E-state index >= 15 is 0 Å². The van der Waals surface area contributed by atoms with Gasteiger partial charge in [-0.15, -0.1) is 24.8 Å². The summed E-state index contributed by atoms with van der Waals surface area (Å²) in [5, 5.41) is 5.36. The van der Waals surface area contributed by atoms with Crippen molar-refractivity contribution in [1.82, 2.24) is 10.6 Å². The zero-order chi connectivity index (χ0) is 19.0. The third kappa shape index (κ3) is 18.2. The molecule has 0 aromatic rings. The summed E-state index contributed by atoms with van der Waals surface area (Å²) < 4.78 is 10.3. The molecule has 0 aliphatic rings. The van der Waals surface area contributed by atoms with Crippen LogP contribution in [-0.2, 0) is 9.47 Å². The van der Waals surface area contributed by atoms with Gasteiger partial charge in [0.25, 0.3) is 0 Å². The van der Waals surface area contributed by atoms with Gasteiger partial charge in [0.1, 0.15) is 0 Å². The summed E-state index contributed by atoms with van der Waals surface area (Å²) in [7, 11) is 0. The summed E-state index contributed by atoms with van der Waals surface area (Å²) in [5.41, 5.74) is 11.3. The molecule has 0 radical (unpaired) electrons. The van der Waals surface area contributed by atoms with E-state index < -0.39 is 17.7 Å². The third-order valence-corrected chi connectivity index (χ3v) is 3.91. The van der Waals surface area contributed by atoms with Crippen LogP contribution in [0.15, 0.2) is 0 Å². The van der Waals surface area contributed by atoms with Gasteiger partial charge in [-0.05, 0) is 38.6 Å². The number of halogens is 2. The van der Waals surface area contributed by atoms with Crippen LogP contribution in [0, 0.1) is 0 Å². The number of hydrogen-bond acceptors (Lipinski definition) is 6. The lowest BCUT2D eigenvalue weighted by molar-refractivity contribution is 0.116. The van der Waals surface area contributed by atoms with Crippen molar-refractivity contribution < 1.29 is 19.1 Å². The molecule has 0 atom stereocenters. The van der Waals surface area contributed by atoms with Gasteiger partial charge in [-0.2, -0.15) is 0 Å². The fourth-order valence-electron chi connectivity index (χ4n) is 2.19. The molecule has 0 saturated heterocycles. The maximum Gasteiger partial charge on any atom is 0.407 e. The summed E-state index contributed by atoms with van der Waals surface area (Å²) >= 11 is 0. The summed E-state index contributed by atoms with van der Waals surface area (Å²) in [6, 6.07) is 0. The minimum atomic E-state index is -0.623. The van der Waals surface area contributed by atoms with Crippen LogP contribution in [0.4, 0.5) is 9.59 Å². The number of amides is 2. The molecule has 164 valence electrons. The Kier molecular flexibility index (Phi) is 22.5. The van der Waals surface area contributed by atoms with Crippen LogP contribution in [0.5, 0.6) is 0 Å². The zero-order valence-electron chi connectivity index (χ0n) is 16.6. The molecule has 0 aliphatic carbocycles. The molecule has 0 aromatic carbocycles. The number of ether oxygens (including phenoxy) is 2. The van der Waals surface area contributed by atoms with Crippen molar-refractivity contribution >= 4 is 37.0 Å². The predicted molar refractivity (Wildman–Crippen MR) is 113 cm³/mol. The topological polar surface area (TPSA) is 129 Å². The van der Waals surface area contributed by atoms with Crippen molar-refractivity contribution in [3.63, 3.8) is 0 Å². The third-order valence-electron chi connectivity index (χ3n) is 3.91. The highest BCUT2D eigenvalue weighted by Gasteiger charge is 2.25. The molecule has 2 amide bonds. The Hall–Kier alpha value is -0.960. The van der Waals surface area contributed by atoms with Crippen LogP contribution in [0.3, 0.4) is 0 Å². The maximum absolute atomic E-state index is 11.5. The van der Waals surface area contributed by atoms with E-state index in [1.807, 2.05) is 0 Å². The molecule has 0 aliphatic heterocycles. The first-order chi connectivity index (χ1) is 12.0. The average Bonchev–Trinajstić information content (AvgIpc) is 2.55. The largest absolute Gasteiger partial charge is 0.449 e. The van der Waals surface area contributed by atoms with Gasteiger partial charge in [0.2, 0.25) is 0 Å². The molecule has 8 nitrogen and oxygen atoms in total. The lowest BCUT2D eigenvalue weighted by Gasteiger charge is -2.28. The van der Waals surface area contributed by atoms with Gasteiger partial charge in [0.05, 0.1) is 13.2 Å². The van der Waals surface area contributed by atoms with Crippen LogP contribution in [0.1, 0.15) is 58.8 Å². The van der Waals surface area contributed by atoms with Crippen molar-refractivity contribution in [2.45, 2.75) is 64.3 Å². The SMILES string of the molecule is CCCCNC(=O)OCCC(N)(CCN)CCOC(=O)NCCCC.Cl.Cl. The van der Waals surface area contributed by atoms with Crippen molar-refractivity contribution in [2.75, 3.05) is 32.8 Å². The zero-order valence-corrected chi connectivity index (χ0v) is 18.2. The van der Waals surface area contributed by atoms with E-state index in [1.54, 1.807) is 0 Å². The molecule has 27 heavy (non-hydrogen) atoms. The molecule has 0 aromatic heterocycles. The van der Waals surface area contributed by atoms with Crippen molar-refractivity contribution in [3.05, 3.63) is 0 Å². The van der Waals surface area contributed by atoms with Crippen molar-refractivity contribution in [3.8, 4) is 0 Å². The molecule has 0 fully saturated rings. The Labute approximate surface area is 175 Å². The maximum atomic E-state index is 11.5. The number of alkyl carbamates (subject to hydrolysis) is 2. The molecule has 10 heteroatoms. The summed E-state index contributed by atoms with van der Waals surface area (Å²) in [6.45, 7) is 6.14. The van der Waals surface area contributed by atoms with Crippen LogP contribution < -0.4 is 22.1 Å². The number of rotatable bonds is 14. The van der Waals surface area contributed by atoms with Gasteiger partial charge >= 0.3 is 12.2 Å². The normalized spacial score (nSPS) is 10.2. The van der Waals surface area contributed by atoms with E-state index in [-0.39, 0.29) is 38.0 Å². The molecule has 0 rings (SSSR count). The molecular weight excluding hydrogens is 395 g/mol. The number of hydrogen-bond donors (Lipinski definition) is 4. The molecule has 0 heterocycles. The number of carbonyl (C=O) groups excluding carboxylic acids is 2. The quantitative estimate of drug-likeness (QED) is 0.312. The fourth-order valence-corrected chi connectivity index (χ4v) is 2.19. The summed E-state index contributed by atoms with van der Waals surface area (Å²) in [6.07, 6.45) is 4.48. The standard InChI is InChI=1S/C17H36N4O4.2ClH/c1-3-5-11-20-15(22)24-13-8-17(19,7-10-18)9-14-25-16(23)21-12-6-4-2;;/h3-14,18-19H2,1-2H3,(H,20,22)(H,21,23);2*1H. The predicted octanol–water partition coefficient (Wildman–Crippen LogP) is 2.71. The van der Waals surface area contributed by atoms with Gasteiger partial charge in [0, 0.05) is 18.6 Å². The van der Waals surface area contributed by atoms with Crippen LogP contribution in [-0.4, -0.2) is 50.6 Å². The second-order valence-electron chi connectivity index (χ2n) is 6.23. The average molecular weight is 433 g/mol.